The van der Waals surface area contributed by atoms with Crippen LogP contribution in [0, 0.1) is 0 Å². The first-order valence-corrected chi connectivity index (χ1v) is 19.3. The zero-order chi connectivity index (χ0) is 37.0. The Balaban J connectivity index is 1.12. The lowest BCUT2D eigenvalue weighted by molar-refractivity contribution is 1.17. The Hall–Kier alpha value is -7.42. The van der Waals surface area contributed by atoms with Crippen molar-refractivity contribution in [1.29, 1.82) is 0 Å². The number of para-hydroxylation sites is 2. The number of fused-ring (bicyclic) bond motifs is 6. The van der Waals surface area contributed by atoms with Gasteiger partial charge in [0.15, 0.2) is 0 Å². The molecule has 0 N–H and O–H groups in total. The highest BCUT2D eigenvalue weighted by molar-refractivity contribution is 6.19. The molecule has 2 heterocycles. The van der Waals surface area contributed by atoms with E-state index in [0.717, 1.165) is 5.69 Å². The average Bonchev–Trinajstić information content (AvgIpc) is 3.80. The zero-order valence-electron chi connectivity index (χ0n) is 30.7. The molecule has 2 aromatic heterocycles. The van der Waals surface area contributed by atoms with Gasteiger partial charge in [-0.05, 0) is 99.1 Å². The van der Waals surface area contributed by atoms with Crippen LogP contribution in [-0.4, -0.2) is 9.13 Å². The highest BCUT2D eigenvalue weighted by Crippen LogP contribution is 2.43. The smallest absolute Gasteiger partial charge is 0.0562 e. The molecule has 0 aliphatic heterocycles. The minimum absolute atomic E-state index is 1.14. The fourth-order valence-corrected chi connectivity index (χ4v) is 8.81. The molecule has 9 aromatic carbocycles. The highest BCUT2D eigenvalue weighted by atomic mass is 15.0. The topological polar surface area (TPSA) is 9.86 Å². The van der Waals surface area contributed by atoms with E-state index < -0.39 is 0 Å². The molecule has 11 aromatic rings. The number of hydrogen-bond acceptors (Lipinski definition) is 0. The lowest BCUT2D eigenvalue weighted by Gasteiger charge is -2.13. The van der Waals surface area contributed by atoms with Crippen LogP contribution < -0.4 is 0 Å². The van der Waals surface area contributed by atoms with E-state index in [1.54, 1.807) is 0 Å². The van der Waals surface area contributed by atoms with Crippen molar-refractivity contribution in [3.8, 4) is 55.9 Å². The van der Waals surface area contributed by atoms with Gasteiger partial charge in [-0.2, -0.15) is 0 Å². The van der Waals surface area contributed by atoms with Gasteiger partial charge in [-0.25, -0.2) is 0 Å². The summed E-state index contributed by atoms with van der Waals surface area (Å²) in [7, 11) is 0. The maximum Gasteiger partial charge on any atom is 0.0562 e. The number of nitrogens with zero attached hydrogens (tertiary/aromatic N) is 2. The Morgan fingerprint density at radius 2 is 0.679 bits per heavy atom. The fraction of sp³-hybridized carbons (Fsp3) is 0. The molecule has 0 unspecified atom stereocenters. The molecule has 0 aliphatic carbocycles. The van der Waals surface area contributed by atoms with E-state index in [1.807, 2.05) is 0 Å². The summed E-state index contributed by atoms with van der Waals surface area (Å²) in [4.78, 5) is 0. The molecular weight excluding hydrogens is 677 g/mol. The van der Waals surface area contributed by atoms with Crippen LogP contribution in [0.2, 0.25) is 0 Å². The van der Waals surface area contributed by atoms with Gasteiger partial charge in [0.1, 0.15) is 0 Å². The predicted molar refractivity (Wildman–Crippen MR) is 237 cm³/mol. The van der Waals surface area contributed by atoms with Crippen molar-refractivity contribution >= 4 is 43.6 Å². The molecular formula is C54H36N2. The lowest BCUT2D eigenvalue weighted by Crippen LogP contribution is -1.97. The third-order valence-corrected chi connectivity index (χ3v) is 11.3. The van der Waals surface area contributed by atoms with E-state index in [2.05, 4.69) is 228 Å². The van der Waals surface area contributed by atoms with E-state index in [9.17, 15) is 0 Å². The first kappa shape index (κ1) is 32.0. The van der Waals surface area contributed by atoms with E-state index >= 15 is 0 Å². The minimum Gasteiger partial charge on any atom is -0.309 e. The van der Waals surface area contributed by atoms with Crippen LogP contribution in [0.15, 0.2) is 218 Å². The summed E-state index contributed by atoms with van der Waals surface area (Å²) in [6, 6.07) is 79.3. The molecule has 0 spiro atoms. The molecule has 0 aliphatic rings. The van der Waals surface area contributed by atoms with Crippen molar-refractivity contribution < 1.29 is 0 Å². The molecule has 0 amide bonds. The van der Waals surface area contributed by atoms with E-state index in [0.29, 0.717) is 0 Å². The third-order valence-electron chi connectivity index (χ3n) is 11.3. The van der Waals surface area contributed by atoms with Gasteiger partial charge >= 0.3 is 0 Å². The lowest BCUT2D eigenvalue weighted by atomic mass is 9.96. The Morgan fingerprint density at radius 3 is 1.36 bits per heavy atom. The first-order valence-electron chi connectivity index (χ1n) is 19.3. The Morgan fingerprint density at radius 1 is 0.250 bits per heavy atom. The van der Waals surface area contributed by atoms with Crippen LogP contribution >= 0.6 is 0 Å². The summed E-state index contributed by atoms with van der Waals surface area (Å²) in [5.41, 5.74) is 16.8. The molecule has 0 fully saturated rings. The molecule has 0 saturated heterocycles. The number of benzene rings is 9. The number of hydrogen-bond donors (Lipinski definition) is 0. The number of rotatable bonds is 6. The van der Waals surface area contributed by atoms with Gasteiger partial charge in [0.25, 0.3) is 0 Å². The van der Waals surface area contributed by atoms with Gasteiger partial charge in [-0.15, -0.1) is 0 Å². The van der Waals surface area contributed by atoms with Crippen molar-refractivity contribution in [2.45, 2.75) is 0 Å². The molecule has 11 rings (SSSR count). The van der Waals surface area contributed by atoms with Gasteiger partial charge < -0.3 is 9.13 Å². The van der Waals surface area contributed by atoms with Crippen molar-refractivity contribution in [2.75, 3.05) is 0 Å². The first-order chi connectivity index (χ1) is 27.8. The largest absolute Gasteiger partial charge is 0.309 e. The van der Waals surface area contributed by atoms with E-state index in [1.165, 1.54) is 93.8 Å². The van der Waals surface area contributed by atoms with Gasteiger partial charge in [-0.3, -0.25) is 0 Å². The maximum atomic E-state index is 2.49. The summed E-state index contributed by atoms with van der Waals surface area (Å²) in [6.07, 6.45) is 0. The van der Waals surface area contributed by atoms with Crippen molar-refractivity contribution in [3.05, 3.63) is 218 Å². The minimum atomic E-state index is 1.14. The Bertz CT molecular complexity index is 3240. The second-order valence-electron chi connectivity index (χ2n) is 14.5. The molecule has 2 nitrogen and oxygen atoms in total. The monoisotopic (exact) mass is 712 g/mol. The summed E-state index contributed by atoms with van der Waals surface area (Å²) in [5.74, 6) is 0. The van der Waals surface area contributed by atoms with Gasteiger partial charge in [0.05, 0.1) is 27.8 Å². The van der Waals surface area contributed by atoms with Crippen LogP contribution in [0.25, 0.3) is 99.5 Å². The Labute approximate surface area is 325 Å². The summed E-state index contributed by atoms with van der Waals surface area (Å²) < 4.78 is 4.92. The molecule has 0 atom stereocenters. The Kier molecular flexibility index (Phi) is 7.53. The van der Waals surface area contributed by atoms with Crippen molar-refractivity contribution in [2.24, 2.45) is 0 Å². The predicted octanol–water partition coefficient (Wildman–Crippen LogP) is 14.5. The standard InChI is InChI=1S/C54H36N2/c1-3-16-37(17-4-1)39-20-11-22-41(34-39)42-23-13-25-44(36-42)55-48-29-9-8-27-47(48)54-51(55)32-15-33-52(54)56-49-30-10-7-26-46(49)53-45(28-14-31-50(53)56)43-24-12-21-40(35-43)38-18-5-2-6-19-38/h1-36H. The molecule has 56 heavy (non-hydrogen) atoms. The summed E-state index contributed by atoms with van der Waals surface area (Å²) in [5, 5.41) is 4.97. The summed E-state index contributed by atoms with van der Waals surface area (Å²) >= 11 is 0. The quantitative estimate of drug-likeness (QED) is 0.162. The van der Waals surface area contributed by atoms with Gasteiger partial charge in [0.2, 0.25) is 0 Å². The van der Waals surface area contributed by atoms with E-state index in [-0.39, 0.29) is 0 Å². The molecule has 0 bridgehead atoms. The fourth-order valence-electron chi connectivity index (χ4n) is 8.81. The van der Waals surface area contributed by atoms with Crippen LogP contribution in [-0.2, 0) is 0 Å². The second-order valence-corrected chi connectivity index (χ2v) is 14.5. The molecule has 2 heteroatoms. The normalized spacial score (nSPS) is 11.6. The van der Waals surface area contributed by atoms with Gasteiger partial charge in [0, 0.05) is 27.2 Å². The maximum absolute atomic E-state index is 2.49. The van der Waals surface area contributed by atoms with Gasteiger partial charge in [-0.1, -0.05) is 164 Å². The molecule has 0 radical (unpaired) electrons. The average molecular weight is 713 g/mol. The zero-order valence-corrected chi connectivity index (χ0v) is 30.7. The van der Waals surface area contributed by atoms with Crippen LogP contribution in [0.5, 0.6) is 0 Å². The third kappa shape index (κ3) is 5.19. The van der Waals surface area contributed by atoms with Crippen LogP contribution in [0.3, 0.4) is 0 Å². The second kappa shape index (κ2) is 13.2. The van der Waals surface area contributed by atoms with Crippen LogP contribution in [0.1, 0.15) is 0 Å². The highest BCUT2D eigenvalue weighted by Gasteiger charge is 2.21. The van der Waals surface area contributed by atoms with E-state index in [4.69, 9.17) is 0 Å². The molecule has 0 saturated carbocycles. The van der Waals surface area contributed by atoms with Crippen molar-refractivity contribution in [3.63, 3.8) is 0 Å². The summed E-state index contributed by atoms with van der Waals surface area (Å²) in [6.45, 7) is 0. The van der Waals surface area contributed by atoms with Crippen LogP contribution in [0.4, 0.5) is 0 Å². The SMILES string of the molecule is c1ccc(-c2cccc(-c3cccc(-n4c5ccccc5c5c(-n6c7ccccc7c7c(-c8cccc(-c9ccccc9)c8)cccc76)cccc54)c3)c2)cc1. The number of aromatic nitrogens is 2. The molecule has 262 valence electrons. The van der Waals surface area contributed by atoms with Crippen molar-refractivity contribution in [1.82, 2.24) is 9.13 Å².